The SMILES string of the molecule is C=CC(=O)NCc1cnn(C2CCCCC2)c1. The maximum absolute atomic E-state index is 11.0. The van der Waals surface area contributed by atoms with Gasteiger partial charge in [0.2, 0.25) is 5.91 Å². The minimum Gasteiger partial charge on any atom is -0.348 e. The van der Waals surface area contributed by atoms with Crippen molar-refractivity contribution >= 4 is 5.91 Å². The van der Waals surface area contributed by atoms with Crippen molar-refractivity contribution in [2.24, 2.45) is 0 Å². The Balaban J connectivity index is 1.90. The topological polar surface area (TPSA) is 46.9 Å². The van der Waals surface area contributed by atoms with Crippen LogP contribution in [-0.4, -0.2) is 15.7 Å². The molecule has 1 aromatic heterocycles. The van der Waals surface area contributed by atoms with Crippen molar-refractivity contribution in [1.29, 1.82) is 0 Å². The largest absolute Gasteiger partial charge is 0.348 e. The summed E-state index contributed by atoms with van der Waals surface area (Å²) in [6.07, 6.45) is 11.5. The van der Waals surface area contributed by atoms with E-state index in [2.05, 4.69) is 21.7 Å². The summed E-state index contributed by atoms with van der Waals surface area (Å²) in [4.78, 5) is 11.0. The lowest BCUT2D eigenvalue weighted by atomic mass is 9.96. The summed E-state index contributed by atoms with van der Waals surface area (Å²) in [7, 11) is 0. The molecule has 0 atom stereocenters. The van der Waals surface area contributed by atoms with Crippen LogP contribution < -0.4 is 5.32 Å². The highest BCUT2D eigenvalue weighted by Gasteiger charge is 2.15. The Morgan fingerprint density at radius 2 is 2.29 bits per heavy atom. The van der Waals surface area contributed by atoms with Crippen molar-refractivity contribution in [2.75, 3.05) is 0 Å². The Kier molecular flexibility index (Phi) is 3.96. The standard InChI is InChI=1S/C13H19N3O/c1-2-13(17)14-8-11-9-15-16(10-11)12-6-4-3-5-7-12/h2,9-10,12H,1,3-8H2,(H,14,17). The van der Waals surface area contributed by atoms with Gasteiger partial charge in [0.25, 0.3) is 0 Å². The molecule has 0 unspecified atom stereocenters. The third-order valence-electron chi connectivity index (χ3n) is 3.26. The van der Waals surface area contributed by atoms with Gasteiger partial charge in [-0.15, -0.1) is 0 Å². The first-order valence-corrected chi connectivity index (χ1v) is 6.23. The molecule has 0 saturated heterocycles. The van der Waals surface area contributed by atoms with Gasteiger partial charge in [0.15, 0.2) is 0 Å². The van der Waals surface area contributed by atoms with E-state index >= 15 is 0 Å². The molecule has 1 N–H and O–H groups in total. The number of nitrogens with one attached hydrogen (secondary N) is 1. The predicted octanol–water partition coefficient (Wildman–Crippen LogP) is 2.19. The van der Waals surface area contributed by atoms with Crippen molar-refractivity contribution in [3.8, 4) is 0 Å². The zero-order valence-corrected chi connectivity index (χ0v) is 10.1. The maximum atomic E-state index is 11.0. The molecular weight excluding hydrogens is 214 g/mol. The van der Waals surface area contributed by atoms with Crippen LogP contribution in [0.4, 0.5) is 0 Å². The first kappa shape index (κ1) is 11.9. The zero-order valence-electron chi connectivity index (χ0n) is 10.1. The summed E-state index contributed by atoms with van der Waals surface area (Å²) in [6, 6.07) is 0.549. The van der Waals surface area contributed by atoms with Crippen molar-refractivity contribution in [3.63, 3.8) is 0 Å². The van der Waals surface area contributed by atoms with E-state index in [1.807, 2.05) is 12.4 Å². The van der Waals surface area contributed by atoms with Crippen LogP contribution in [0.2, 0.25) is 0 Å². The van der Waals surface area contributed by atoms with Gasteiger partial charge in [-0.05, 0) is 18.9 Å². The van der Waals surface area contributed by atoms with Crippen LogP contribution in [0.25, 0.3) is 0 Å². The number of carbonyl (C=O) groups is 1. The smallest absolute Gasteiger partial charge is 0.243 e. The highest BCUT2D eigenvalue weighted by atomic mass is 16.1. The van der Waals surface area contributed by atoms with Gasteiger partial charge in [-0.1, -0.05) is 25.8 Å². The molecule has 1 amide bonds. The second kappa shape index (κ2) is 5.66. The quantitative estimate of drug-likeness (QED) is 0.810. The van der Waals surface area contributed by atoms with E-state index in [-0.39, 0.29) is 5.91 Å². The number of amides is 1. The first-order chi connectivity index (χ1) is 8.29. The van der Waals surface area contributed by atoms with E-state index in [4.69, 9.17) is 0 Å². The second-order valence-corrected chi connectivity index (χ2v) is 4.54. The van der Waals surface area contributed by atoms with Gasteiger partial charge >= 0.3 is 0 Å². The van der Waals surface area contributed by atoms with E-state index in [1.165, 1.54) is 38.2 Å². The van der Waals surface area contributed by atoms with Crippen LogP contribution in [0.15, 0.2) is 25.0 Å². The lowest BCUT2D eigenvalue weighted by molar-refractivity contribution is -0.116. The molecule has 1 heterocycles. The summed E-state index contributed by atoms with van der Waals surface area (Å²) >= 11 is 0. The van der Waals surface area contributed by atoms with Crippen LogP contribution in [0.3, 0.4) is 0 Å². The van der Waals surface area contributed by atoms with Gasteiger partial charge in [0.05, 0.1) is 12.2 Å². The van der Waals surface area contributed by atoms with Crippen molar-refractivity contribution in [3.05, 3.63) is 30.6 Å². The Bertz CT molecular complexity index is 391. The normalized spacial score (nSPS) is 16.7. The molecule has 1 fully saturated rings. The Morgan fingerprint density at radius 3 is 3.00 bits per heavy atom. The van der Waals surface area contributed by atoms with E-state index in [9.17, 15) is 4.79 Å². The zero-order chi connectivity index (χ0) is 12.1. The van der Waals surface area contributed by atoms with E-state index in [1.54, 1.807) is 0 Å². The number of hydrogen-bond donors (Lipinski definition) is 1. The summed E-state index contributed by atoms with van der Waals surface area (Å²) in [5.41, 5.74) is 1.05. The molecule has 1 aliphatic rings. The summed E-state index contributed by atoms with van der Waals surface area (Å²) in [6.45, 7) is 3.94. The number of carbonyl (C=O) groups excluding carboxylic acids is 1. The third kappa shape index (κ3) is 3.19. The van der Waals surface area contributed by atoms with Gasteiger partial charge in [-0.25, -0.2) is 0 Å². The molecule has 0 aromatic carbocycles. The van der Waals surface area contributed by atoms with Gasteiger partial charge < -0.3 is 5.32 Å². The van der Waals surface area contributed by atoms with Crippen LogP contribution in [-0.2, 0) is 11.3 Å². The molecule has 1 aliphatic carbocycles. The predicted molar refractivity (Wildman–Crippen MR) is 66.4 cm³/mol. The van der Waals surface area contributed by atoms with Crippen molar-refractivity contribution in [1.82, 2.24) is 15.1 Å². The molecule has 0 radical (unpaired) electrons. The fraction of sp³-hybridized carbons (Fsp3) is 0.538. The fourth-order valence-electron chi connectivity index (χ4n) is 2.28. The van der Waals surface area contributed by atoms with Gasteiger partial charge in [-0.3, -0.25) is 9.48 Å². The van der Waals surface area contributed by atoms with E-state index in [0.717, 1.165) is 5.56 Å². The molecule has 1 aromatic rings. The number of rotatable bonds is 4. The average molecular weight is 233 g/mol. The van der Waals surface area contributed by atoms with Crippen molar-refractivity contribution < 1.29 is 4.79 Å². The molecule has 0 bridgehead atoms. The minimum atomic E-state index is -0.143. The molecule has 92 valence electrons. The molecule has 17 heavy (non-hydrogen) atoms. The van der Waals surface area contributed by atoms with Gasteiger partial charge in [-0.2, -0.15) is 5.10 Å². The highest BCUT2D eigenvalue weighted by Crippen LogP contribution is 2.27. The number of aromatic nitrogens is 2. The fourth-order valence-corrected chi connectivity index (χ4v) is 2.28. The second-order valence-electron chi connectivity index (χ2n) is 4.54. The molecule has 2 rings (SSSR count). The van der Waals surface area contributed by atoms with Gasteiger partial charge in [0.1, 0.15) is 0 Å². The number of nitrogens with zero attached hydrogens (tertiary/aromatic N) is 2. The molecule has 1 saturated carbocycles. The van der Waals surface area contributed by atoms with Crippen LogP contribution in [0.1, 0.15) is 43.7 Å². The minimum absolute atomic E-state index is 0.143. The lowest BCUT2D eigenvalue weighted by Gasteiger charge is -2.21. The summed E-state index contributed by atoms with van der Waals surface area (Å²) in [5, 5.41) is 7.14. The molecule has 0 spiro atoms. The lowest BCUT2D eigenvalue weighted by Crippen LogP contribution is -2.19. The van der Waals surface area contributed by atoms with Crippen LogP contribution in [0.5, 0.6) is 0 Å². The van der Waals surface area contributed by atoms with E-state index < -0.39 is 0 Å². The Morgan fingerprint density at radius 1 is 1.53 bits per heavy atom. The molecule has 4 heteroatoms. The average Bonchev–Trinajstić information content (AvgIpc) is 2.86. The van der Waals surface area contributed by atoms with E-state index in [0.29, 0.717) is 12.6 Å². The molecule has 0 aliphatic heterocycles. The number of hydrogen-bond acceptors (Lipinski definition) is 2. The van der Waals surface area contributed by atoms with Crippen LogP contribution in [0, 0.1) is 0 Å². The monoisotopic (exact) mass is 233 g/mol. The third-order valence-corrected chi connectivity index (χ3v) is 3.26. The summed E-state index contributed by atoms with van der Waals surface area (Å²) in [5.74, 6) is -0.143. The highest BCUT2D eigenvalue weighted by molar-refractivity contribution is 5.86. The van der Waals surface area contributed by atoms with Crippen molar-refractivity contribution in [2.45, 2.75) is 44.7 Å². The van der Waals surface area contributed by atoms with Crippen LogP contribution >= 0.6 is 0 Å². The summed E-state index contributed by atoms with van der Waals surface area (Å²) < 4.78 is 2.05. The van der Waals surface area contributed by atoms with Gasteiger partial charge in [0, 0.05) is 18.3 Å². The molecule has 4 nitrogen and oxygen atoms in total. The Labute approximate surface area is 102 Å². The Hall–Kier alpha value is -1.58. The molecular formula is C13H19N3O. The maximum Gasteiger partial charge on any atom is 0.243 e. The first-order valence-electron chi connectivity index (χ1n) is 6.23.